The third kappa shape index (κ3) is 5.21. The fourth-order valence-corrected chi connectivity index (χ4v) is 2.92. The lowest BCUT2D eigenvalue weighted by Gasteiger charge is -2.11. The van der Waals surface area contributed by atoms with Crippen LogP contribution in [0.2, 0.25) is 0 Å². The lowest BCUT2D eigenvalue weighted by Crippen LogP contribution is -2.13. The van der Waals surface area contributed by atoms with Crippen LogP contribution >= 0.6 is 11.8 Å². The first-order valence-corrected chi connectivity index (χ1v) is 8.32. The van der Waals surface area contributed by atoms with Crippen molar-refractivity contribution in [2.24, 2.45) is 0 Å². The van der Waals surface area contributed by atoms with Crippen molar-refractivity contribution in [2.45, 2.75) is 18.2 Å². The molecule has 0 aromatic heterocycles. The van der Waals surface area contributed by atoms with Crippen LogP contribution < -0.4 is 14.8 Å². The van der Waals surface area contributed by atoms with Gasteiger partial charge in [0.2, 0.25) is 5.91 Å². The number of carbonyl (C=O) groups is 1. The van der Waals surface area contributed by atoms with Crippen molar-refractivity contribution in [1.29, 1.82) is 0 Å². The van der Waals surface area contributed by atoms with E-state index in [4.69, 9.17) is 9.47 Å². The van der Waals surface area contributed by atoms with Crippen LogP contribution in [0.4, 0.5) is 5.69 Å². The quantitative estimate of drug-likeness (QED) is 0.775. The second-order valence-corrected chi connectivity index (χ2v) is 6.19. The second-order valence-electron chi connectivity index (χ2n) is 5.03. The lowest BCUT2D eigenvalue weighted by atomic mass is 10.2. The SMILES string of the molecule is COc1ccc(SCCC(=O)Nc2cc(C)ccc2OC)cc1. The Hall–Kier alpha value is -2.14. The Bertz CT molecular complexity index is 656. The monoisotopic (exact) mass is 331 g/mol. The van der Waals surface area contributed by atoms with Crippen LogP contribution in [-0.4, -0.2) is 25.9 Å². The number of rotatable bonds is 7. The predicted molar refractivity (Wildman–Crippen MR) is 94.7 cm³/mol. The molecule has 0 fully saturated rings. The number of benzene rings is 2. The molecular formula is C18H21NO3S. The lowest BCUT2D eigenvalue weighted by molar-refractivity contribution is -0.115. The summed E-state index contributed by atoms with van der Waals surface area (Å²) < 4.78 is 10.4. The van der Waals surface area contributed by atoms with Gasteiger partial charge in [0.15, 0.2) is 0 Å². The van der Waals surface area contributed by atoms with E-state index in [1.165, 1.54) is 0 Å². The zero-order chi connectivity index (χ0) is 16.7. The predicted octanol–water partition coefficient (Wildman–Crippen LogP) is 4.13. The molecule has 2 rings (SSSR count). The van der Waals surface area contributed by atoms with E-state index in [-0.39, 0.29) is 5.91 Å². The maximum atomic E-state index is 12.1. The van der Waals surface area contributed by atoms with Gasteiger partial charge in [0.25, 0.3) is 0 Å². The van der Waals surface area contributed by atoms with Crippen LogP contribution in [0.25, 0.3) is 0 Å². The van der Waals surface area contributed by atoms with E-state index in [0.29, 0.717) is 23.6 Å². The Morgan fingerprint density at radius 2 is 1.83 bits per heavy atom. The number of nitrogens with one attached hydrogen (secondary N) is 1. The van der Waals surface area contributed by atoms with Crippen molar-refractivity contribution >= 4 is 23.4 Å². The first-order chi connectivity index (χ1) is 11.1. The van der Waals surface area contributed by atoms with Crippen LogP contribution in [0.1, 0.15) is 12.0 Å². The minimum atomic E-state index is -0.0186. The van der Waals surface area contributed by atoms with Crippen LogP contribution in [0.15, 0.2) is 47.4 Å². The highest BCUT2D eigenvalue weighted by Crippen LogP contribution is 2.26. The number of anilines is 1. The molecule has 0 aliphatic rings. The standard InChI is InChI=1S/C18H21NO3S/c1-13-4-9-17(22-3)16(12-13)19-18(20)10-11-23-15-7-5-14(21-2)6-8-15/h4-9,12H,10-11H2,1-3H3,(H,19,20). The maximum Gasteiger partial charge on any atom is 0.225 e. The van der Waals surface area contributed by atoms with Crippen LogP contribution in [0.3, 0.4) is 0 Å². The summed E-state index contributed by atoms with van der Waals surface area (Å²) in [5.74, 6) is 2.20. The summed E-state index contributed by atoms with van der Waals surface area (Å²) in [6.07, 6.45) is 0.438. The highest BCUT2D eigenvalue weighted by atomic mass is 32.2. The van der Waals surface area contributed by atoms with Gasteiger partial charge >= 0.3 is 0 Å². The van der Waals surface area contributed by atoms with Gasteiger partial charge in [-0.15, -0.1) is 11.8 Å². The number of ether oxygens (including phenoxy) is 2. The molecule has 4 nitrogen and oxygen atoms in total. The van der Waals surface area contributed by atoms with Gasteiger partial charge in [-0.25, -0.2) is 0 Å². The molecule has 0 saturated carbocycles. The molecule has 0 radical (unpaired) electrons. The highest BCUT2D eigenvalue weighted by molar-refractivity contribution is 7.99. The van der Waals surface area contributed by atoms with Crippen molar-refractivity contribution in [3.63, 3.8) is 0 Å². The van der Waals surface area contributed by atoms with E-state index in [1.54, 1.807) is 26.0 Å². The Morgan fingerprint density at radius 1 is 1.09 bits per heavy atom. The molecule has 0 spiro atoms. The van der Waals surface area contributed by atoms with Gasteiger partial charge in [0.05, 0.1) is 19.9 Å². The molecule has 0 saturated heterocycles. The topological polar surface area (TPSA) is 47.6 Å². The maximum absolute atomic E-state index is 12.1. The van der Waals surface area contributed by atoms with Crippen molar-refractivity contribution < 1.29 is 14.3 Å². The van der Waals surface area contributed by atoms with Gasteiger partial charge in [0, 0.05) is 17.1 Å². The van der Waals surface area contributed by atoms with E-state index in [0.717, 1.165) is 16.2 Å². The van der Waals surface area contributed by atoms with E-state index >= 15 is 0 Å². The molecule has 0 heterocycles. The van der Waals surface area contributed by atoms with Gasteiger partial charge < -0.3 is 14.8 Å². The summed E-state index contributed by atoms with van der Waals surface area (Å²) in [6.45, 7) is 1.98. The first kappa shape index (κ1) is 17.2. The van der Waals surface area contributed by atoms with Crippen molar-refractivity contribution in [3.05, 3.63) is 48.0 Å². The summed E-state index contributed by atoms with van der Waals surface area (Å²) in [7, 11) is 3.24. The molecule has 5 heteroatoms. The number of carbonyl (C=O) groups excluding carboxylic acids is 1. The third-order valence-corrected chi connectivity index (χ3v) is 4.30. The van der Waals surface area contributed by atoms with Gasteiger partial charge in [-0.05, 0) is 48.9 Å². The molecule has 0 unspecified atom stereocenters. The Labute approximate surface area is 141 Å². The molecule has 2 aromatic carbocycles. The summed E-state index contributed by atoms with van der Waals surface area (Å²) in [5, 5.41) is 2.91. The van der Waals surface area contributed by atoms with Crippen LogP contribution in [0.5, 0.6) is 11.5 Å². The summed E-state index contributed by atoms with van der Waals surface area (Å²) in [5.41, 5.74) is 1.79. The van der Waals surface area contributed by atoms with Crippen LogP contribution in [-0.2, 0) is 4.79 Å². The van der Waals surface area contributed by atoms with Gasteiger partial charge in [0.1, 0.15) is 11.5 Å². The number of thioether (sulfide) groups is 1. The Kier molecular flexibility index (Phi) is 6.35. The molecule has 0 bridgehead atoms. The molecule has 2 aromatic rings. The molecule has 23 heavy (non-hydrogen) atoms. The number of aryl methyl sites for hydroxylation is 1. The molecule has 0 aliphatic heterocycles. The number of methoxy groups -OCH3 is 2. The molecular weight excluding hydrogens is 310 g/mol. The van der Waals surface area contributed by atoms with Gasteiger partial charge in [-0.2, -0.15) is 0 Å². The molecule has 122 valence electrons. The summed E-state index contributed by atoms with van der Waals surface area (Å²) in [6, 6.07) is 13.5. The molecule has 0 atom stereocenters. The number of hydrogen-bond acceptors (Lipinski definition) is 4. The molecule has 0 aliphatic carbocycles. The zero-order valence-electron chi connectivity index (χ0n) is 13.6. The summed E-state index contributed by atoms with van der Waals surface area (Å²) >= 11 is 1.64. The van der Waals surface area contributed by atoms with E-state index in [1.807, 2.05) is 49.4 Å². The fraction of sp³-hybridized carbons (Fsp3) is 0.278. The van der Waals surface area contributed by atoms with Gasteiger partial charge in [-0.3, -0.25) is 4.79 Å². The minimum Gasteiger partial charge on any atom is -0.497 e. The normalized spacial score (nSPS) is 10.2. The highest BCUT2D eigenvalue weighted by Gasteiger charge is 2.08. The number of hydrogen-bond donors (Lipinski definition) is 1. The fourth-order valence-electron chi connectivity index (χ4n) is 2.07. The van der Waals surface area contributed by atoms with E-state index in [9.17, 15) is 4.79 Å². The van der Waals surface area contributed by atoms with E-state index < -0.39 is 0 Å². The Balaban J connectivity index is 1.84. The minimum absolute atomic E-state index is 0.0186. The smallest absolute Gasteiger partial charge is 0.225 e. The van der Waals surface area contributed by atoms with Crippen molar-refractivity contribution in [3.8, 4) is 11.5 Å². The van der Waals surface area contributed by atoms with E-state index in [2.05, 4.69) is 5.32 Å². The molecule has 1 amide bonds. The zero-order valence-corrected chi connectivity index (χ0v) is 14.4. The second kappa shape index (κ2) is 8.48. The van der Waals surface area contributed by atoms with Crippen molar-refractivity contribution in [2.75, 3.05) is 25.3 Å². The average molecular weight is 331 g/mol. The molecule has 1 N–H and O–H groups in total. The largest absolute Gasteiger partial charge is 0.497 e. The average Bonchev–Trinajstić information content (AvgIpc) is 2.56. The number of amides is 1. The third-order valence-electron chi connectivity index (χ3n) is 3.29. The Morgan fingerprint density at radius 3 is 2.48 bits per heavy atom. The van der Waals surface area contributed by atoms with Gasteiger partial charge in [-0.1, -0.05) is 6.07 Å². The summed E-state index contributed by atoms with van der Waals surface area (Å²) in [4.78, 5) is 13.2. The van der Waals surface area contributed by atoms with Crippen LogP contribution in [0, 0.1) is 6.92 Å². The van der Waals surface area contributed by atoms with Crippen molar-refractivity contribution in [1.82, 2.24) is 0 Å². The first-order valence-electron chi connectivity index (χ1n) is 7.33.